The molecule has 0 N–H and O–H groups in total. The van der Waals surface area contributed by atoms with Crippen LogP contribution in [0.25, 0.3) is 221 Å². The molecule has 0 amide bonds. The average molecular weight is 1480 g/mol. The standard InChI is InChI=1S/2C37H23N3.C33H21N3/c1-2-10-30-24(6-1)7-3-11-31(30)34-20-17-29-22-27(16-18-33(29)39-34)28-14-13-25-15-19-35(40-36(25)23-28)32-12-4-8-26-9-5-21-38-37(26)32;1-2-6-27-21-30(13-10-24(27)5-1)34-18-16-31-22-28(15-17-33(31)39-34)29-12-11-25-14-19-35(40-36(25)23-29)32-9-3-7-26-8-4-20-38-37(26)32;1-2-6-22(7-3-1)29-17-15-27-20-25(14-16-30(27)35-29)26-12-11-23-13-18-31(36-32(23)21-26)28-10-4-8-24-9-5-19-34-33(24)28/h2*1-23H;1-21H. The Bertz CT molecular complexity index is 7790. The van der Waals surface area contributed by atoms with Gasteiger partial charge in [0.1, 0.15) is 0 Å². The quantitative estimate of drug-likeness (QED) is 0.139. The number of nitrogens with zero attached hydrogens (tertiary/aromatic N) is 9. The van der Waals surface area contributed by atoms with Crippen molar-refractivity contribution in [1.29, 1.82) is 0 Å². The Morgan fingerprint density at radius 1 is 0.138 bits per heavy atom. The molecule has 9 nitrogen and oxygen atoms in total. The van der Waals surface area contributed by atoms with Gasteiger partial charge in [-0.1, -0.05) is 273 Å². The molecule has 0 fully saturated rings. The zero-order valence-electron chi connectivity index (χ0n) is 62.7. The molecular formula is C107H67N9. The van der Waals surface area contributed by atoms with Gasteiger partial charge < -0.3 is 0 Å². The van der Waals surface area contributed by atoms with E-state index in [0.29, 0.717) is 0 Å². The number of benzene rings is 14. The van der Waals surface area contributed by atoms with Crippen molar-refractivity contribution in [3.05, 3.63) is 407 Å². The topological polar surface area (TPSA) is 116 Å². The lowest BCUT2D eigenvalue weighted by Gasteiger charge is -2.10. The van der Waals surface area contributed by atoms with Gasteiger partial charge in [0, 0.05) is 100 Å². The molecule has 9 heteroatoms. The second kappa shape index (κ2) is 29.5. The molecule has 0 saturated carbocycles. The zero-order chi connectivity index (χ0) is 76.8. The summed E-state index contributed by atoms with van der Waals surface area (Å²) >= 11 is 0. The molecule has 9 heterocycles. The van der Waals surface area contributed by atoms with Crippen LogP contribution in [-0.2, 0) is 0 Å². The first-order valence-electron chi connectivity index (χ1n) is 38.9. The molecule has 9 aromatic heterocycles. The number of pyridine rings is 9. The maximum atomic E-state index is 5.06. The Balaban J connectivity index is 0.000000109. The molecule has 0 saturated heterocycles. The summed E-state index contributed by atoms with van der Waals surface area (Å²) < 4.78 is 0. The molecular weight excluding hydrogens is 1410 g/mol. The highest BCUT2D eigenvalue weighted by Crippen LogP contribution is 2.38. The van der Waals surface area contributed by atoms with E-state index < -0.39 is 0 Å². The number of rotatable bonds is 9. The van der Waals surface area contributed by atoms with E-state index in [1.54, 1.807) is 0 Å². The summed E-state index contributed by atoms with van der Waals surface area (Å²) in [6, 6.07) is 135. The van der Waals surface area contributed by atoms with E-state index in [4.69, 9.17) is 29.9 Å². The summed E-state index contributed by atoms with van der Waals surface area (Å²) in [6.07, 6.45) is 5.51. The minimum atomic E-state index is 0.928. The monoisotopic (exact) mass is 1480 g/mol. The number of aromatic nitrogens is 9. The Kier molecular flexibility index (Phi) is 17.4. The number of hydrogen-bond acceptors (Lipinski definition) is 9. The number of para-hydroxylation sites is 3. The molecule has 0 spiro atoms. The van der Waals surface area contributed by atoms with Gasteiger partial charge in [0.05, 0.1) is 83.8 Å². The molecule has 540 valence electrons. The third kappa shape index (κ3) is 13.3. The Hall–Kier alpha value is -15.7. The third-order valence-corrected chi connectivity index (χ3v) is 22.1. The Labute approximate surface area is 668 Å². The van der Waals surface area contributed by atoms with Crippen molar-refractivity contribution >= 4 is 120 Å². The van der Waals surface area contributed by atoms with E-state index >= 15 is 0 Å². The molecule has 0 aliphatic rings. The predicted octanol–water partition coefficient (Wildman–Crippen LogP) is 27.3. The van der Waals surface area contributed by atoms with Crippen molar-refractivity contribution < 1.29 is 0 Å². The summed E-state index contributed by atoms with van der Waals surface area (Å²) in [7, 11) is 0. The highest BCUT2D eigenvalue weighted by molar-refractivity contribution is 6.02. The van der Waals surface area contributed by atoms with Crippen LogP contribution in [0, 0.1) is 0 Å². The van der Waals surface area contributed by atoms with Gasteiger partial charge in [-0.15, -0.1) is 0 Å². The first-order valence-corrected chi connectivity index (χ1v) is 38.9. The molecule has 116 heavy (non-hydrogen) atoms. The minimum absolute atomic E-state index is 0.928. The van der Waals surface area contributed by atoms with Crippen LogP contribution < -0.4 is 0 Å². The van der Waals surface area contributed by atoms with Crippen LogP contribution in [0.2, 0.25) is 0 Å². The van der Waals surface area contributed by atoms with Gasteiger partial charge in [0.25, 0.3) is 0 Å². The fourth-order valence-corrected chi connectivity index (χ4v) is 16.1. The molecule has 0 radical (unpaired) electrons. The van der Waals surface area contributed by atoms with Gasteiger partial charge in [-0.3, -0.25) is 15.0 Å². The van der Waals surface area contributed by atoms with Gasteiger partial charge >= 0.3 is 0 Å². The molecule has 0 unspecified atom stereocenters. The first-order chi connectivity index (χ1) is 57.4. The Morgan fingerprint density at radius 3 is 0.897 bits per heavy atom. The lowest BCUT2D eigenvalue weighted by Crippen LogP contribution is -1.90. The third-order valence-electron chi connectivity index (χ3n) is 22.1. The number of fused-ring (bicyclic) bond motifs is 11. The minimum Gasteiger partial charge on any atom is -0.256 e. The van der Waals surface area contributed by atoms with Crippen LogP contribution in [0.1, 0.15) is 0 Å². The van der Waals surface area contributed by atoms with Crippen molar-refractivity contribution in [3.8, 4) is 101 Å². The summed E-state index contributed by atoms with van der Waals surface area (Å²) in [5.74, 6) is 0. The zero-order valence-corrected chi connectivity index (χ0v) is 62.7. The molecule has 23 aromatic rings. The van der Waals surface area contributed by atoms with Gasteiger partial charge in [0.2, 0.25) is 0 Å². The SMILES string of the molecule is c1ccc(-c2ccc3cc(-c4ccc5ccc(-c6cccc7cccnc67)nc5c4)ccc3n2)cc1.c1ccc2c(-c3ccc4cc(-c5ccc6ccc(-c7cccc8cccnc78)nc6c5)ccc4n3)cccc2c1.c1ccc2cc(-c3ccc4cc(-c5ccc6ccc(-c7cccc8cccnc78)nc6c5)ccc4n3)ccc2c1. The first kappa shape index (κ1) is 68.3. The van der Waals surface area contributed by atoms with Crippen LogP contribution in [-0.4, -0.2) is 44.9 Å². The fourth-order valence-electron chi connectivity index (χ4n) is 16.1. The van der Waals surface area contributed by atoms with Crippen LogP contribution in [0.4, 0.5) is 0 Å². The second-order valence-electron chi connectivity index (χ2n) is 29.2. The summed E-state index contributed by atoms with van der Waals surface area (Å²) in [4.78, 5) is 43.9. The highest BCUT2D eigenvalue weighted by Gasteiger charge is 2.16. The lowest BCUT2D eigenvalue weighted by atomic mass is 9.99. The average Bonchev–Trinajstić information content (AvgIpc) is 0.727. The summed E-state index contributed by atoms with van der Waals surface area (Å²) in [5.41, 5.74) is 27.9. The lowest BCUT2D eigenvalue weighted by molar-refractivity contribution is 1.37. The van der Waals surface area contributed by atoms with E-state index in [1.165, 1.54) is 21.5 Å². The van der Waals surface area contributed by atoms with Gasteiger partial charge in [-0.05, 0) is 170 Å². The highest BCUT2D eigenvalue weighted by atomic mass is 14.8. The molecule has 14 aromatic carbocycles. The van der Waals surface area contributed by atoms with Crippen LogP contribution in [0.3, 0.4) is 0 Å². The van der Waals surface area contributed by atoms with Crippen LogP contribution >= 0.6 is 0 Å². The fraction of sp³-hybridized carbons (Fsp3) is 0. The van der Waals surface area contributed by atoms with E-state index in [2.05, 4.69) is 367 Å². The van der Waals surface area contributed by atoms with Gasteiger partial charge in [-0.25, -0.2) is 29.9 Å². The molecule has 0 aliphatic carbocycles. The smallest absolute Gasteiger partial charge is 0.0795 e. The molecule has 0 atom stereocenters. The van der Waals surface area contributed by atoms with Crippen molar-refractivity contribution in [2.45, 2.75) is 0 Å². The van der Waals surface area contributed by atoms with E-state index in [0.717, 1.165) is 199 Å². The number of hydrogen-bond donors (Lipinski definition) is 0. The maximum Gasteiger partial charge on any atom is 0.0795 e. The normalized spacial score (nSPS) is 11.4. The molecule has 0 bridgehead atoms. The molecule has 0 aliphatic heterocycles. The van der Waals surface area contributed by atoms with E-state index in [9.17, 15) is 0 Å². The van der Waals surface area contributed by atoms with Gasteiger partial charge in [-0.2, -0.15) is 0 Å². The summed E-state index contributed by atoms with van der Waals surface area (Å²) in [6.45, 7) is 0. The van der Waals surface area contributed by atoms with E-state index in [-0.39, 0.29) is 0 Å². The van der Waals surface area contributed by atoms with Gasteiger partial charge in [0.15, 0.2) is 0 Å². The van der Waals surface area contributed by atoms with Crippen LogP contribution in [0.5, 0.6) is 0 Å². The largest absolute Gasteiger partial charge is 0.256 e. The second-order valence-corrected chi connectivity index (χ2v) is 29.2. The van der Waals surface area contributed by atoms with Crippen molar-refractivity contribution in [1.82, 2.24) is 44.9 Å². The van der Waals surface area contributed by atoms with Crippen molar-refractivity contribution in [3.63, 3.8) is 0 Å². The van der Waals surface area contributed by atoms with E-state index in [1.807, 2.05) is 55.0 Å². The molecule has 23 rings (SSSR count). The maximum absolute atomic E-state index is 5.06. The van der Waals surface area contributed by atoms with Crippen molar-refractivity contribution in [2.75, 3.05) is 0 Å². The van der Waals surface area contributed by atoms with Crippen LogP contribution in [0.15, 0.2) is 407 Å². The van der Waals surface area contributed by atoms with Crippen molar-refractivity contribution in [2.24, 2.45) is 0 Å². The predicted molar refractivity (Wildman–Crippen MR) is 481 cm³/mol. The Morgan fingerprint density at radius 2 is 0.431 bits per heavy atom. The summed E-state index contributed by atoms with van der Waals surface area (Å²) in [5, 5.41) is 14.9.